The van der Waals surface area contributed by atoms with E-state index in [9.17, 15) is 18.3 Å². The van der Waals surface area contributed by atoms with Crippen molar-refractivity contribution in [3.8, 4) is 17.0 Å². The lowest BCUT2D eigenvalue weighted by Crippen LogP contribution is -2.04. The first-order chi connectivity index (χ1) is 9.43. The largest absolute Gasteiger partial charge is 0.506 e. The van der Waals surface area contributed by atoms with Gasteiger partial charge in [-0.2, -0.15) is 13.2 Å². The average molecular weight is 278 g/mol. The predicted octanol–water partition coefficient (Wildman–Crippen LogP) is 3.73. The van der Waals surface area contributed by atoms with Gasteiger partial charge in [0.25, 0.3) is 0 Å². The Kier molecular flexibility index (Phi) is 2.67. The minimum atomic E-state index is -4.38. The number of hydrogen-bond acceptors (Lipinski definition) is 2. The Labute approximate surface area is 111 Å². The van der Waals surface area contributed by atoms with Crippen molar-refractivity contribution in [2.45, 2.75) is 6.18 Å². The van der Waals surface area contributed by atoms with Crippen molar-refractivity contribution >= 4 is 5.65 Å². The first-order valence-electron chi connectivity index (χ1n) is 5.79. The van der Waals surface area contributed by atoms with Gasteiger partial charge in [0.15, 0.2) is 0 Å². The van der Waals surface area contributed by atoms with Gasteiger partial charge in [-0.15, -0.1) is 0 Å². The normalized spacial score (nSPS) is 11.9. The molecule has 1 N–H and O–H groups in total. The highest BCUT2D eigenvalue weighted by Crippen LogP contribution is 2.32. The van der Waals surface area contributed by atoms with Crippen LogP contribution in [-0.2, 0) is 6.18 Å². The minimum absolute atomic E-state index is 0.0606. The summed E-state index contributed by atoms with van der Waals surface area (Å²) < 4.78 is 39.6. The minimum Gasteiger partial charge on any atom is -0.506 e. The van der Waals surface area contributed by atoms with Gasteiger partial charge in [-0.25, -0.2) is 4.98 Å². The summed E-state index contributed by atoms with van der Waals surface area (Å²) in [6.07, 6.45) is -1.36. The van der Waals surface area contributed by atoms with Gasteiger partial charge in [0, 0.05) is 11.8 Å². The molecule has 0 aliphatic heterocycles. The Morgan fingerprint density at radius 2 is 1.85 bits per heavy atom. The highest BCUT2D eigenvalue weighted by atomic mass is 19.4. The Hall–Kier alpha value is -2.50. The first-order valence-corrected chi connectivity index (χ1v) is 5.79. The molecule has 3 rings (SSSR count). The van der Waals surface area contributed by atoms with Crippen LogP contribution in [0.15, 0.2) is 48.8 Å². The molecule has 3 nitrogen and oxygen atoms in total. The number of pyridine rings is 1. The zero-order chi connectivity index (χ0) is 14.3. The van der Waals surface area contributed by atoms with Crippen molar-refractivity contribution in [2.24, 2.45) is 0 Å². The number of hydrogen-bond donors (Lipinski definition) is 1. The van der Waals surface area contributed by atoms with E-state index in [0.29, 0.717) is 16.9 Å². The lowest BCUT2D eigenvalue weighted by molar-refractivity contribution is -0.137. The quantitative estimate of drug-likeness (QED) is 0.736. The van der Waals surface area contributed by atoms with E-state index in [4.69, 9.17) is 0 Å². The Balaban J connectivity index is 2.11. The second kappa shape index (κ2) is 4.26. The van der Waals surface area contributed by atoms with Crippen LogP contribution in [0.2, 0.25) is 0 Å². The van der Waals surface area contributed by atoms with E-state index in [1.54, 1.807) is 22.7 Å². The number of imidazole rings is 1. The number of benzene rings is 1. The molecule has 2 heterocycles. The molecule has 0 spiro atoms. The van der Waals surface area contributed by atoms with Crippen LogP contribution in [0.25, 0.3) is 16.9 Å². The fourth-order valence-corrected chi connectivity index (χ4v) is 1.97. The number of aromatic hydroxyl groups is 1. The zero-order valence-corrected chi connectivity index (χ0v) is 10.1. The molecule has 1 aromatic carbocycles. The fraction of sp³-hybridized carbons (Fsp3) is 0.0714. The highest BCUT2D eigenvalue weighted by Gasteiger charge is 2.30. The first kappa shape index (κ1) is 12.5. The van der Waals surface area contributed by atoms with Crippen LogP contribution < -0.4 is 0 Å². The summed E-state index contributed by atoms with van der Waals surface area (Å²) in [4.78, 5) is 4.23. The second-order valence-electron chi connectivity index (χ2n) is 4.36. The van der Waals surface area contributed by atoms with E-state index in [2.05, 4.69) is 4.98 Å². The van der Waals surface area contributed by atoms with E-state index in [1.807, 2.05) is 0 Å². The Morgan fingerprint density at radius 3 is 2.60 bits per heavy atom. The van der Waals surface area contributed by atoms with Crippen LogP contribution in [0.1, 0.15) is 5.56 Å². The molecule has 2 aromatic heterocycles. The standard InChI is InChI=1S/C14H9F3N2O/c15-14(16,17)10-3-1-2-9(6-10)12-8-19-7-11(20)4-5-13(19)18-12/h1-8,20H. The van der Waals surface area contributed by atoms with E-state index < -0.39 is 11.7 Å². The molecule has 0 aliphatic carbocycles. The molecule has 0 bridgehead atoms. The third-order valence-electron chi connectivity index (χ3n) is 2.92. The van der Waals surface area contributed by atoms with Crippen LogP contribution in [0.3, 0.4) is 0 Å². The highest BCUT2D eigenvalue weighted by molar-refractivity contribution is 5.63. The predicted molar refractivity (Wildman–Crippen MR) is 67.3 cm³/mol. The maximum atomic E-state index is 12.7. The summed E-state index contributed by atoms with van der Waals surface area (Å²) in [5, 5.41) is 9.36. The average Bonchev–Trinajstić information content (AvgIpc) is 2.81. The lowest BCUT2D eigenvalue weighted by atomic mass is 10.1. The molecular formula is C14H9F3N2O. The van der Waals surface area contributed by atoms with Gasteiger partial charge in [-0.1, -0.05) is 12.1 Å². The maximum Gasteiger partial charge on any atom is 0.416 e. The van der Waals surface area contributed by atoms with Gasteiger partial charge >= 0.3 is 6.18 Å². The zero-order valence-electron chi connectivity index (χ0n) is 10.1. The number of alkyl halides is 3. The molecule has 0 saturated carbocycles. The van der Waals surface area contributed by atoms with Gasteiger partial charge < -0.3 is 9.51 Å². The molecule has 0 aliphatic rings. The molecule has 3 aromatic rings. The van der Waals surface area contributed by atoms with E-state index in [0.717, 1.165) is 12.1 Å². The summed E-state index contributed by atoms with van der Waals surface area (Å²) in [6, 6.07) is 8.05. The fourth-order valence-electron chi connectivity index (χ4n) is 1.97. The molecule has 0 fully saturated rings. The van der Waals surface area contributed by atoms with E-state index >= 15 is 0 Å². The second-order valence-corrected chi connectivity index (χ2v) is 4.36. The van der Waals surface area contributed by atoms with Crippen LogP contribution in [0.4, 0.5) is 13.2 Å². The Morgan fingerprint density at radius 1 is 1.05 bits per heavy atom. The van der Waals surface area contributed by atoms with Crippen LogP contribution in [0, 0.1) is 0 Å². The van der Waals surface area contributed by atoms with Crippen molar-refractivity contribution in [3.05, 3.63) is 54.4 Å². The molecule has 0 amide bonds. The molecule has 6 heteroatoms. The van der Waals surface area contributed by atoms with Gasteiger partial charge in [0.2, 0.25) is 0 Å². The summed E-state index contributed by atoms with van der Waals surface area (Å²) >= 11 is 0. The van der Waals surface area contributed by atoms with E-state index in [-0.39, 0.29) is 5.75 Å². The van der Waals surface area contributed by atoms with Crippen molar-refractivity contribution in [1.29, 1.82) is 0 Å². The molecule has 0 unspecified atom stereocenters. The molecule has 0 atom stereocenters. The number of fused-ring (bicyclic) bond motifs is 1. The summed E-state index contributed by atoms with van der Waals surface area (Å²) in [6.45, 7) is 0. The van der Waals surface area contributed by atoms with Gasteiger partial charge in [-0.3, -0.25) is 0 Å². The smallest absolute Gasteiger partial charge is 0.416 e. The number of rotatable bonds is 1. The Bertz CT molecular complexity index is 777. The monoisotopic (exact) mass is 278 g/mol. The van der Waals surface area contributed by atoms with Crippen molar-refractivity contribution < 1.29 is 18.3 Å². The molecule has 0 radical (unpaired) electrons. The van der Waals surface area contributed by atoms with Crippen molar-refractivity contribution in [2.75, 3.05) is 0 Å². The SMILES string of the molecule is Oc1ccc2nc(-c3cccc(C(F)(F)F)c3)cn2c1. The van der Waals surface area contributed by atoms with Crippen LogP contribution >= 0.6 is 0 Å². The number of nitrogens with zero attached hydrogens (tertiary/aromatic N) is 2. The molecule has 102 valence electrons. The van der Waals surface area contributed by atoms with Gasteiger partial charge in [0.05, 0.1) is 17.5 Å². The summed E-state index contributed by atoms with van der Waals surface area (Å²) in [7, 11) is 0. The van der Waals surface area contributed by atoms with Gasteiger partial charge in [0.1, 0.15) is 11.4 Å². The van der Waals surface area contributed by atoms with Crippen LogP contribution in [0.5, 0.6) is 5.75 Å². The molecule has 20 heavy (non-hydrogen) atoms. The van der Waals surface area contributed by atoms with Crippen molar-refractivity contribution in [1.82, 2.24) is 9.38 Å². The van der Waals surface area contributed by atoms with E-state index in [1.165, 1.54) is 18.3 Å². The van der Waals surface area contributed by atoms with Gasteiger partial charge in [-0.05, 0) is 24.3 Å². The maximum absolute atomic E-state index is 12.7. The van der Waals surface area contributed by atoms with Crippen molar-refractivity contribution in [3.63, 3.8) is 0 Å². The third kappa shape index (κ3) is 2.20. The number of halogens is 3. The molecule has 0 saturated heterocycles. The number of aromatic nitrogens is 2. The lowest BCUT2D eigenvalue weighted by Gasteiger charge is -2.07. The summed E-state index contributed by atoms with van der Waals surface area (Å²) in [5.41, 5.74) is 0.634. The third-order valence-corrected chi connectivity index (χ3v) is 2.92. The van der Waals surface area contributed by atoms with Crippen LogP contribution in [-0.4, -0.2) is 14.5 Å². The summed E-state index contributed by atoms with van der Waals surface area (Å²) in [5.74, 6) is 0.0606. The molecular weight excluding hydrogens is 269 g/mol. The topological polar surface area (TPSA) is 37.5 Å².